The van der Waals surface area contributed by atoms with Crippen molar-refractivity contribution in [2.24, 2.45) is 0 Å². The van der Waals surface area contributed by atoms with Crippen molar-refractivity contribution in [3.8, 4) is 0 Å². The fourth-order valence-corrected chi connectivity index (χ4v) is 0.923. The van der Waals surface area contributed by atoms with E-state index in [1.165, 1.54) is 7.11 Å². The number of methoxy groups -OCH3 is 1. The Balaban J connectivity index is 4.24. The summed E-state index contributed by atoms with van der Waals surface area (Å²) in [5, 5.41) is 0. The minimum atomic E-state index is -0.894. The van der Waals surface area contributed by atoms with Crippen LogP contribution in [0, 0.1) is 0 Å². The highest BCUT2D eigenvalue weighted by molar-refractivity contribution is 9.30. The van der Waals surface area contributed by atoms with Gasteiger partial charge in [-0.15, -0.1) is 0 Å². The Kier molecular flexibility index (Phi) is 5.04. The number of carbonyl (C=O) groups is 1. The molecule has 0 spiro atoms. The molecule has 6 heteroatoms. The molecule has 0 heterocycles. The third-order valence-corrected chi connectivity index (χ3v) is 6.13. The maximum atomic E-state index is 10.9. The van der Waals surface area contributed by atoms with Crippen LogP contribution in [-0.2, 0) is 9.53 Å². The Morgan fingerprint density at radius 2 is 1.90 bits per heavy atom. The van der Waals surface area contributed by atoms with Crippen LogP contribution in [-0.4, -0.2) is 20.0 Å². The van der Waals surface area contributed by atoms with Crippen molar-refractivity contribution in [1.82, 2.24) is 0 Å². The van der Waals surface area contributed by atoms with E-state index in [9.17, 15) is 4.79 Å². The van der Waals surface area contributed by atoms with Gasteiger partial charge in [-0.25, -0.2) is 4.79 Å². The Morgan fingerprint density at radius 1 is 1.50 bits per heavy atom. The molecule has 0 saturated heterocycles. The van der Waals surface area contributed by atoms with Crippen LogP contribution in [0.1, 0.15) is 0 Å². The van der Waals surface area contributed by atoms with Crippen LogP contribution >= 0.6 is 63.7 Å². The number of rotatable bonds is 2. The van der Waals surface area contributed by atoms with Crippen molar-refractivity contribution < 1.29 is 9.53 Å². The predicted molar refractivity (Wildman–Crippen MR) is 54.2 cm³/mol. The molecule has 0 amide bonds. The highest BCUT2D eigenvalue weighted by atomic mass is 79.9. The third-order valence-electron chi connectivity index (χ3n) is 0.732. The Morgan fingerprint density at radius 3 is 2.00 bits per heavy atom. The first-order valence-electron chi connectivity index (χ1n) is 2.17. The van der Waals surface area contributed by atoms with E-state index in [-0.39, 0.29) is 3.74 Å². The summed E-state index contributed by atoms with van der Waals surface area (Å²) in [5.41, 5.74) is 0. The van der Waals surface area contributed by atoms with Crippen LogP contribution < -0.4 is 0 Å². The molecule has 0 rings (SSSR count). The summed E-state index contributed by atoms with van der Waals surface area (Å²) in [5.74, 6) is -0.397. The van der Waals surface area contributed by atoms with Crippen molar-refractivity contribution in [3.63, 3.8) is 0 Å². The van der Waals surface area contributed by atoms with Gasteiger partial charge in [0.25, 0.3) is 0 Å². The number of halogens is 4. The lowest BCUT2D eigenvalue weighted by Gasteiger charge is -2.18. The van der Waals surface area contributed by atoms with Crippen molar-refractivity contribution in [2.75, 3.05) is 7.11 Å². The number of alkyl halides is 4. The van der Waals surface area contributed by atoms with E-state index in [0.29, 0.717) is 0 Å². The molecule has 0 aromatic rings. The summed E-state index contributed by atoms with van der Waals surface area (Å²) in [7, 11) is 1.32. The van der Waals surface area contributed by atoms with Crippen molar-refractivity contribution in [3.05, 3.63) is 0 Å². The maximum absolute atomic E-state index is 10.9. The van der Waals surface area contributed by atoms with Crippen LogP contribution in [0.3, 0.4) is 0 Å². The van der Waals surface area contributed by atoms with E-state index in [0.717, 1.165) is 0 Å². The van der Waals surface area contributed by atoms with Crippen LogP contribution in [0.5, 0.6) is 0 Å². The molecule has 0 bridgehead atoms. The Bertz CT molecular complexity index is 133. The molecule has 0 aliphatic heterocycles. The maximum Gasteiger partial charge on any atom is 0.335 e. The van der Waals surface area contributed by atoms with Gasteiger partial charge in [-0.05, 0) is 0 Å². The van der Waals surface area contributed by atoms with Gasteiger partial charge in [0.15, 0.2) is 3.23 Å². The van der Waals surface area contributed by atoms with E-state index in [4.69, 9.17) is 0 Å². The quantitative estimate of drug-likeness (QED) is 0.523. The average Bonchev–Trinajstić information content (AvgIpc) is 1.86. The first-order chi connectivity index (χ1) is 4.42. The topological polar surface area (TPSA) is 26.3 Å². The molecular weight excluding hydrogens is 400 g/mol. The largest absolute Gasteiger partial charge is 0.467 e. The zero-order valence-corrected chi connectivity index (χ0v) is 11.2. The molecule has 0 aliphatic carbocycles. The van der Waals surface area contributed by atoms with E-state index < -0.39 is 9.20 Å². The molecule has 0 unspecified atom stereocenters. The minimum absolute atomic E-state index is 0.222. The Labute approximate surface area is 92.6 Å². The van der Waals surface area contributed by atoms with Crippen LogP contribution in [0.15, 0.2) is 0 Å². The molecule has 0 radical (unpaired) electrons. The number of hydrogen-bond acceptors (Lipinski definition) is 2. The Hall–Kier alpha value is 1.39. The molecule has 0 N–H and O–H groups in total. The van der Waals surface area contributed by atoms with Gasteiger partial charge in [-0.2, -0.15) is 0 Å². The lowest BCUT2D eigenvalue weighted by molar-refractivity contribution is -0.140. The zero-order chi connectivity index (χ0) is 8.36. The second-order valence-electron chi connectivity index (χ2n) is 1.42. The van der Waals surface area contributed by atoms with Crippen molar-refractivity contribution in [2.45, 2.75) is 6.97 Å². The molecule has 0 saturated carbocycles. The average molecular weight is 404 g/mol. The van der Waals surface area contributed by atoms with Crippen LogP contribution in [0.2, 0.25) is 0 Å². The standard InChI is InChI=1S/C4H4Br4O2/c1-10-3(9)4(7,8)2(5)6/h2H,1H3. The van der Waals surface area contributed by atoms with Gasteiger partial charge in [0.2, 0.25) is 0 Å². The first kappa shape index (κ1) is 11.4. The van der Waals surface area contributed by atoms with Crippen molar-refractivity contribution in [1.29, 1.82) is 0 Å². The molecular formula is C4H4Br4O2. The van der Waals surface area contributed by atoms with Gasteiger partial charge in [0.1, 0.15) is 3.74 Å². The second-order valence-corrected chi connectivity index (χ2v) is 8.04. The molecule has 10 heavy (non-hydrogen) atoms. The summed E-state index contributed by atoms with van der Waals surface area (Å²) in [6.45, 7) is 0. The SMILES string of the molecule is COC(=O)C(Br)(Br)C(Br)Br. The number of ether oxygens (including phenoxy) is 1. The van der Waals surface area contributed by atoms with Gasteiger partial charge in [0.05, 0.1) is 7.11 Å². The number of hydrogen-bond donors (Lipinski definition) is 0. The first-order valence-corrected chi connectivity index (χ1v) is 5.59. The molecule has 2 nitrogen and oxygen atoms in total. The normalized spacial score (nSPS) is 11.8. The molecule has 60 valence electrons. The lowest BCUT2D eigenvalue weighted by Crippen LogP contribution is -2.32. The van der Waals surface area contributed by atoms with E-state index in [1.807, 2.05) is 0 Å². The van der Waals surface area contributed by atoms with E-state index in [1.54, 1.807) is 0 Å². The van der Waals surface area contributed by atoms with Gasteiger partial charge >= 0.3 is 5.97 Å². The third kappa shape index (κ3) is 2.79. The van der Waals surface area contributed by atoms with E-state index >= 15 is 0 Å². The van der Waals surface area contributed by atoms with Crippen LogP contribution in [0.4, 0.5) is 0 Å². The monoisotopic (exact) mass is 400 g/mol. The molecule has 0 aromatic carbocycles. The molecule has 0 fully saturated rings. The minimum Gasteiger partial charge on any atom is -0.467 e. The molecule has 0 atom stereocenters. The smallest absolute Gasteiger partial charge is 0.335 e. The number of carbonyl (C=O) groups excluding carboxylic acids is 1. The van der Waals surface area contributed by atoms with Gasteiger partial charge in [-0.1, -0.05) is 63.7 Å². The number of esters is 1. The fraction of sp³-hybridized carbons (Fsp3) is 0.750. The van der Waals surface area contributed by atoms with Gasteiger partial charge < -0.3 is 4.74 Å². The summed E-state index contributed by atoms with van der Waals surface area (Å²) in [4.78, 5) is 10.9. The van der Waals surface area contributed by atoms with Crippen molar-refractivity contribution >= 4 is 69.7 Å². The fourth-order valence-electron chi connectivity index (χ4n) is 0.225. The molecule has 0 aliphatic rings. The van der Waals surface area contributed by atoms with Crippen LogP contribution in [0.25, 0.3) is 0 Å². The van der Waals surface area contributed by atoms with E-state index in [2.05, 4.69) is 68.5 Å². The summed E-state index contributed by atoms with van der Waals surface area (Å²) in [6, 6.07) is 0. The van der Waals surface area contributed by atoms with Gasteiger partial charge in [0, 0.05) is 0 Å². The highest BCUT2D eigenvalue weighted by Gasteiger charge is 2.39. The molecule has 0 aromatic heterocycles. The second kappa shape index (κ2) is 4.42. The summed E-state index contributed by atoms with van der Waals surface area (Å²) < 4.78 is 3.37. The predicted octanol–water partition coefficient (Wildman–Crippen LogP) is 2.76. The van der Waals surface area contributed by atoms with Gasteiger partial charge in [-0.3, -0.25) is 0 Å². The zero-order valence-electron chi connectivity index (χ0n) is 4.91. The summed E-state index contributed by atoms with van der Waals surface area (Å²) in [6.07, 6.45) is 0. The summed E-state index contributed by atoms with van der Waals surface area (Å²) >= 11 is 12.6. The highest BCUT2D eigenvalue weighted by Crippen LogP contribution is 2.39. The lowest BCUT2D eigenvalue weighted by atomic mass is 10.5.